The third-order valence-corrected chi connectivity index (χ3v) is 5.43. The van der Waals surface area contributed by atoms with E-state index in [4.69, 9.17) is 4.74 Å². The Morgan fingerprint density at radius 1 is 1.04 bits per heavy atom. The first-order chi connectivity index (χ1) is 13.3. The van der Waals surface area contributed by atoms with Crippen molar-refractivity contribution in [1.29, 1.82) is 0 Å². The summed E-state index contributed by atoms with van der Waals surface area (Å²) in [5, 5.41) is 4.22. The average molecular weight is 398 g/mol. The summed E-state index contributed by atoms with van der Waals surface area (Å²) in [5.41, 5.74) is -0.546. The molecule has 0 heterocycles. The van der Waals surface area contributed by atoms with E-state index in [0.29, 0.717) is 30.2 Å². The van der Waals surface area contributed by atoms with Crippen LogP contribution in [0, 0.1) is 35.2 Å². The zero-order chi connectivity index (χ0) is 20.3. The van der Waals surface area contributed by atoms with Gasteiger partial charge in [-0.15, -0.1) is 0 Å². The number of esters is 1. The van der Waals surface area contributed by atoms with E-state index in [9.17, 15) is 27.6 Å². The largest absolute Gasteiger partial charge is 0.456 e. The zero-order valence-corrected chi connectivity index (χ0v) is 15.1. The second-order valence-corrected chi connectivity index (χ2v) is 7.35. The first-order valence-electron chi connectivity index (χ1n) is 9.19. The number of ether oxygens (including phenoxy) is 1. The monoisotopic (exact) mass is 398 g/mol. The Labute approximate surface area is 159 Å². The summed E-state index contributed by atoms with van der Waals surface area (Å²) in [6, 6.07) is 1.53. The van der Waals surface area contributed by atoms with Crippen molar-refractivity contribution in [1.82, 2.24) is 5.32 Å². The predicted molar refractivity (Wildman–Crippen MR) is 92.5 cm³/mol. The fourth-order valence-corrected chi connectivity index (χ4v) is 4.09. The molecule has 0 saturated heterocycles. The van der Waals surface area contributed by atoms with Crippen molar-refractivity contribution in [3.8, 4) is 0 Å². The van der Waals surface area contributed by atoms with Gasteiger partial charge in [0.05, 0.1) is 12.2 Å². The third kappa shape index (κ3) is 4.82. The van der Waals surface area contributed by atoms with Gasteiger partial charge in [-0.2, -0.15) is 0 Å². The predicted octanol–water partition coefficient (Wildman–Crippen LogP) is 2.53. The van der Waals surface area contributed by atoms with E-state index in [1.807, 2.05) is 5.32 Å². The number of fused-ring (bicyclic) bond motifs is 2. The number of carbonyl (C=O) groups excluding carboxylic acids is 3. The smallest absolute Gasteiger partial charge is 0.306 e. The molecule has 1 aromatic carbocycles. The summed E-state index contributed by atoms with van der Waals surface area (Å²) in [7, 11) is 0. The lowest BCUT2D eigenvalue weighted by molar-refractivity contribution is -0.149. The van der Waals surface area contributed by atoms with Crippen molar-refractivity contribution in [3.63, 3.8) is 0 Å². The molecule has 2 saturated carbocycles. The van der Waals surface area contributed by atoms with Crippen LogP contribution in [0.15, 0.2) is 12.1 Å². The fraction of sp³-hybridized carbons (Fsp3) is 0.526. The van der Waals surface area contributed by atoms with E-state index in [1.54, 1.807) is 0 Å². The number of hydrogen-bond acceptors (Lipinski definition) is 4. The van der Waals surface area contributed by atoms with E-state index in [0.717, 1.165) is 18.9 Å². The molecule has 6 nitrogen and oxygen atoms in total. The second-order valence-electron chi connectivity index (χ2n) is 7.35. The highest BCUT2D eigenvalue weighted by molar-refractivity contribution is 5.94. The van der Waals surface area contributed by atoms with Gasteiger partial charge >= 0.3 is 5.97 Å². The van der Waals surface area contributed by atoms with Crippen LogP contribution in [0.3, 0.4) is 0 Å². The van der Waals surface area contributed by atoms with Crippen LogP contribution >= 0.6 is 0 Å². The van der Waals surface area contributed by atoms with Gasteiger partial charge in [-0.1, -0.05) is 6.42 Å². The lowest BCUT2D eigenvalue weighted by Gasteiger charge is -2.20. The summed E-state index contributed by atoms with van der Waals surface area (Å²) < 4.78 is 44.4. The van der Waals surface area contributed by atoms with Crippen molar-refractivity contribution < 1.29 is 32.3 Å². The lowest BCUT2D eigenvalue weighted by Crippen LogP contribution is -2.36. The lowest BCUT2D eigenvalue weighted by atomic mass is 9.86. The van der Waals surface area contributed by atoms with E-state index in [2.05, 4.69) is 5.32 Å². The Morgan fingerprint density at radius 3 is 2.50 bits per heavy atom. The van der Waals surface area contributed by atoms with Crippen LogP contribution in [0.5, 0.6) is 0 Å². The molecule has 0 spiro atoms. The quantitative estimate of drug-likeness (QED) is 0.546. The van der Waals surface area contributed by atoms with E-state index < -0.39 is 54.1 Å². The Bertz CT molecular complexity index is 787. The molecule has 2 N–H and O–H groups in total. The summed E-state index contributed by atoms with van der Waals surface area (Å²) in [6.07, 6.45) is 4.88. The van der Waals surface area contributed by atoms with E-state index >= 15 is 0 Å². The first kappa shape index (κ1) is 20.2. The second kappa shape index (κ2) is 8.62. The summed E-state index contributed by atoms with van der Waals surface area (Å²) in [5.74, 6) is -4.98. The highest BCUT2D eigenvalue weighted by Crippen LogP contribution is 2.49. The van der Waals surface area contributed by atoms with Crippen molar-refractivity contribution in [2.75, 3.05) is 18.5 Å². The molecule has 2 aliphatic carbocycles. The van der Waals surface area contributed by atoms with Gasteiger partial charge in [-0.05, 0) is 49.1 Å². The molecule has 0 radical (unpaired) electrons. The summed E-state index contributed by atoms with van der Waals surface area (Å²) >= 11 is 0. The minimum atomic E-state index is -1.70. The molecule has 2 aliphatic rings. The number of nitrogens with one attached hydrogen (secondary N) is 2. The Morgan fingerprint density at radius 2 is 1.82 bits per heavy atom. The van der Waals surface area contributed by atoms with Crippen LogP contribution in [0.25, 0.3) is 0 Å². The molecule has 3 atom stereocenters. The van der Waals surface area contributed by atoms with Gasteiger partial charge in [-0.25, -0.2) is 13.2 Å². The van der Waals surface area contributed by atoms with Crippen LogP contribution in [0.2, 0.25) is 0 Å². The first-order valence-corrected chi connectivity index (χ1v) is 9.19. The molecule has 3 rings (SSSR count). The maximum atomic E-state index is 13.5. The molecule has 9 heteroatoms. The molecular weight excluding hydrogens is 377 g/mol. The maximum absolute atomic E-state index is 13.5. The molecular formula is C19H21F3N2O4. The average Bonchev–Trinajstić information content (AvgIpc) is 3.28. The Hall–Kier alpha value is -2.58. The SMILES string of the molecule is O=C(COC(=O)C[C@@H]1C[C@H]2CC[C@@H]1C2)NCC(=O)Nc1ccc(F)c(F)c1F. The number of carbonyl (C=O) groups is 3. The van der Waals surface area contributed by atoms with Crippen molar-refractivity contribution >= 4 is 23.5 Å². The molecule has 152 valence electrons. The Balaban J connectivity index is 1.35. The van der Waals surface area contributed by atoms with Crippen molar-refractivity contribution in [2.45, 2.75) is 32.1 Å². The van der Waals surface area contributed by atoms with E-state index in [1.165, 1.54) is 12.8 Å². The third-order valence-electron chi connectivity index (χ3n) is 5.43. The molecule has 2 fully saturated rings. The minimum absolute atomic E-state index is 0.296. The van der Waals surface area contributed by atoms with Gasteiger partial charge in [0, 0.05) is 6.42 Å². The molecule has 2 bridgehead atoms. The molecule has 0 unspecified atom stereocenters. The molecule has 0 aromatic heterocycles. The number of amides is 2. The van der Waals surface area contributed by atoms with Crippen LogP contribution in [-0.4, -0.2) is 30.9 Å². The maximum Gasteiger partial charge on any atom is 0.306 e. The molecule has 0 aliphatic heterocycles. The number of halogens is 3. The van der Waals surface area contributed by atoms with Crippen molar-refractivity contribution in [3.05, 3.63) is 29.6 Å². The van der Waals surface area contributed by atoms with Crippen LogP contribution in [0.1, 0.15) is 32.1 Å². The van der Waals surface area contributed by atoms with Gasteiger partial charge in [0.25, 0.3) is 5.91 Å². The van der Waals surface area contributed by atoms with Crippen LogP contribution < -0.4 is 10.6 Å². The van der Waals surface area contributed by atoms with E-state index in [-0.39, 0.29) is 0 Å². The van der Waals surface area contributed by atoms with Gasteiger partial charge in [0.15, 0.2) is 24.1 Å². The molecule has 1 aromatic rings. The standard InChI is InChI=1S/C19H21F3N2O4/c20-13-3-4-14(19(22)18(13)21)24-15(25)8-23-16(26)9-28-17(27)7-12-6-10-1-2-11(12)5-10/h3-4,10-12H,1-2,5-9H2,(H,23,26)(H,24,25)/t10-,11+,12-/m0/s1. The molecule has 28 heavy (non-hydrogen) atoms. The van der Waals surface area contributed by atoms with Gasteiger partial charge in [0.1, 0.15) is 0 Å². The summed E-state index contributed by atoms with van der Waals surface area (Å²) in [6.45, 7) is -1.06. The van der Waals surface area contributed by atoms with Crippen LogP contribution in [0.4, 0.5) is 18.9 Å². The van der Waals surface area contributed by atoms with Crippen molar-refractivity contribution in [2.24, 2.45) is 17.8 Å². The fourth-order valence-electron chi connectivity index (χ4n) is 4.09. The topological polar surface area (TPSA) is 84.5 Å². The summed E-state index contributed by atoms with van der Waals surface area (Å²) in [4.78, 5) is 35.2. The van der Waals surface area contributed by atoms with Gasteiger partial charge in [0.2, 0.25) is 5.91 Å². The van der Waals surface area contributed by atoms with Gasteiger partial charge in [-0.3, -0.25) is 14.4 Å². The molecule has 2 amide bonds. The number of anilines is 1. The highest BCUT2D eigenvalue weighted by atomic mass is 19.2. The van der Waals surface area contributed by atoms with Crippen LogP contribution in [-0.2, 0) is 19.1 Å². The normalized spacial score (nSPS) is 22.8. The minimum Gasteiger partial charge on any atom is -0.456 e. The zero-order valence-electron chi connectivity index (χ0n) is 15.1. The highest BCUT2D eigenvalue weighted by Gasteiger charge is 2.40. The number of hydrogen-bond donors (Lipinski definition) is 2. The number of benzene rings is 1. The number of rotatable bonds is 7. The Kier molecular flexibility index (Phi) is 6.21. The van der Waals surface area contributed by atoms with Gasteiger partial charge < -0.3 is 15.4 Å².